The van der Waals surface area contributed by atoms with Gasteiger partial charge in [0, 0.05) is 50.6 Å². The fraction of sp³-hybridized carbons (Fsp3) is 0.0667. The largest absolute Gasteiger partial charge is 0.319 e. The van der Waals surface area contributed by atoms with Crippen molar-refractivity contribution in [2.24, 2.45) is 0 Å². The Kier molecular flexibility index (Phi) is 8.05. The van der Waals surface area contributed by atoms with Gasteiger partial charge in [-0.3, -0.25) is 0 Å². The first-order chi connectivity index (χ1) is 24.1. The smallest absolute Gasteiger partial charge is 0.168 e. The maximum atomic E-state index is 4.88. The van der Waals surface area contributed by atoms with E-state index in [0.717, 1.165) is 66.9 Å². The summed E-state index contributed by atoms with van der Waals surface area (Å²) in [6, 6.07) is 60.9. The van der Waals surface area contributed by atoms with Crippen LogP contribution in [0.4, 0.5) is 0 Å². The van der Waals surface area contributed by atoms with E-state index in [1.807, 2.05) is 12.3 Å². The van der Waals surface area contributed by atoms with E-state index in [4.69, 9.17) is 4.98 Å². The van der Waals surface area contributed by atoms with Crippen LogP contribution >= 0.6 is 0 Å². The number of imidazole rings is 1. The Hall–Kier alpha value is -5.57. The number of pyridine rings is 1. The standard InChI is InChI=1S/C45H33N4.Pt/c1-45(2,34-16-13-19-37(29-34)48-31-47(36-17-7-4-8-18-36)41-22-11-12-23-42(41)48)35-24-25-39-38-20-9-10-21-40(38)49(43(39)30-35)44-28-33(26-27-46-44)32-14-5-3-6-15-32;/h3-28,31H,1-2H3;/q-1;. The van der Waals surface area contributed by atoms with Crippen molar-refractivity contribution in [3.05, 3.63) is 187 Å². The van der Waals surface area contributed by atoms with Gasteiger partial charge in [0.05, 0.1) is 0 Å². The van der Waals surface area contributed by atoms with Gasteiger partial charge in [-0.25, -0.2) is 9.55 Å². The number of hydrogen-bond donors (Lipinski definition) is 0. The van der Waals surface area contributed by atoms with Crippen LogP contribution in [0.2, 0.25) is 0 Å². The van der Waals surface area contributed by atoms with Gasteiger partial charge in [0.15, 0.2) is 17.4 Å². The Morgan fingerprint density at radius 1 is 0.560 bits per heavy atom. The van der Waals surface area contributed by atoms with Crippen LogP contribution in [0, 0.1) is 12.1 Å². The van der Waals surface area contributed by atoms with Gasteiger partial charge in [-0.05, 0) is 52.3 Å². The summed E-state index contributed by atoms with van der Waals surface area (Å²) < 4.78 is 6.73. The molecule has 4 nitrogen and oxygen atoms in total. The number of rotatable bonds is 6. The van der Waals surface area contributed by atoms with E-state index in [0.29, 0.717) is 0 Å². The quantitative estimate of drug-likeness (QED) is 0.154. The summed E-state index contributed by atoms with van der Waals surface area (Å²) in [5.41, 5.74) is 10.6. The van der Waals surface area contributed by atoms with Crippen molar-refractivity contribution in [2.45, 2.75) is 19.3 Å². The maximum Gasteiger partial charge on any atom is 0.168 e. The number of aromatic nitrogens is 4. The molecule has 0 aliphatic carbocycles. The van der Waals surface area contributed by atoms with Crippen LogP contribution in [-0.4, -0.2) is 18.7 Å². The Morgan fingerprint density at radius 3 is 2.00 bits per heavy atom. The summed E-state index contributed by atoms with van der Waals surface area (Å²) in [6.45, 7) is 4.53. The second-order valence-electron chi connectivity index (χ2n) is 13.0. The number of nitrogens with zero attached hydrogens (tertiary/aromatic N) is 4. The second kappa shape index (κ2) is 12.7. The molecule has 244 valence electrons. The van der Waals surface area contributed by atoms with E-state index < -0.39 is 0 Å². The molecule has 0 radical (unpaired) electrons. The first-order valence-corrected chi connectivity index (χ1v) is 16.6. The van der Waals surface area contributed by atoms with Crippen molar-refractivity contribution in [3.8, 4) is 28.3 Å². The zero-order valence-corrected chi connectivity index (χ0v) is 30.0. The average molecular weight is 825 g/mol. The Balaban J connectivity index is 0.00000361. The maximum absolute atomic E-state index is 4.88. The van der Waals surface area contributed by atoms with E-state index in [1.54, 1.807) is 0 Å². The molecule has 3 heterocycles. The molecule has 0 N–H and O–H groups in total. The van der Waals surface area contributed by atoms with Crippen molar-refractivity contribution in [1.82, 2.24) is 18.7 Å². The third-order valence-electron chi connectivity index (χ3n) is 9.72. The van der Waals surface area contributed by atoms with E-state index in [1.165, 1.54) is 5.39 Å². The van der Waals surface area contributed by atoms with Crippen LogP contribution in [0.1, 0.15) is 25.0 Å². The van der Waals surface area contributed by atoms with E-state index in [-0.39, 0.29) is 26.5 Å². The molecule has 9 rings (SSSR count). The minimum absolute atomic E-state index is 0. The minimum atomic E-state index is -0.386. The summed E-state index contributed by atoms with van der Waals surface area (Å²) in [5, 5.41) is 2.34. The molecule has 0 saturated heterocycles. The Labute approximate surface area is 306 Å². The fourth-order valence-corrected chi connectivity index (χ4v) is 7.05. The van der Waals surface area contributed by atoms with Gasteiger partial charge in [-0.2, -0.15) is 40.5 Å². The molecule has 6 aromatic carbocycles. The van der Waals surface area contributed by atoms with Crippen LogP contribution in [0.25, 0.3) is 61.2 Å². The van der Waals surface area contributed by atoms with Gasteiger partial charge >= 0.3 is 0 Å². The monoisotopic (exact) mass is 824 g/mol. The van der Waals surface area contributed by atoms with Crippen molar-refractivity contribution >= 4 is 32.8 Å². The normalized spacial score (nSPS) is 11.6. The first kappa shape index (κ1) is 31.7. The summed E-state index contributed by atoms with van der Waals surface area (Å²) in [5.74, 6) is 0.874. The van der Waals surface area contributed by atoms with Gasteiger partial charge in [0.1, 0.15) is 11.5 Å². The number of benzene rings is 6. The van der Waals surface area contributed by atoms with Gasteiger partial charge in [0.25, 0.3) is 0 Å². The summed E-state index contributed by atoms with van der Waals surface area (Å²) in [7, 11) is 0. The van der Waals surface area contributed by atoms with E-state index >= 15 is 0 Å². The molecule has 3 aromatic heterocycles. The number of para-hydroxylation sites is 4. The van der Waals surface area contributed by atoms with Crippen molar-refractivity contribution in [1.29, 1.82) is 0 Å². The predicted octanol–water partition coefficient (Wildman–Crippen LogP) is 10.8. The van der Waals surface area contributed by atoms with Gasteiger partial charge < -0.3 is 4.57 Å². The molecule has 9 aromatic rings. The Bertz CT molecular complexity index is 2630. The van der Waals surface area contributed by atoms with Crippen LogP contribution in [0.3, 0.4) is 0 Å². The average Bonchev–Trinajstić information content (AvgIpc) is 3.72. The minimum Gasteiger partial charge on any atom is -0.319 e. The topological polar surface area (TPSA) is 27.7 Å². The van der Waals surface area contributed by atoms with E-state index in [9.17, 15) is 0 Å². The molecule has 0 amide bonds. The molecule has 0 spiro atoms. The molecule has 0 fully saturated rings. The fourth-order valence-electron chi connectivity index (χ4n) is 7.05. The molecule has 0 aliphatic rings. The summed E-state index contributed by atoms with van der Waals surface area (Å²) >= 11 is 0. The summed E-state index contributed by atoms with van der Waals surface area (Å²) in [4.78, 5) is 4.88. The zero-order chi connectivity index (χ0) is 33.0. The zero-order valence-electron chi connectivity index (χ0n) is 27.7. The molecule has 0 aliphatic heterocycles. The van der Waals surface area contributed by atoms with Crippen molar-refractivity contribution in [3.63, 3.8) is 0 Å². The van der Waals surface area contributed by atoms with Crippen LogP contribution in [0.5, 0.6) is 0 Å². The molecule has 50 heavy (non-hydrogen) atoms. The summed E-state index contributed by atoms with van der Waals surface area (Å²) in [6.07, 6.45) is 4.06. The van der Waals surface area contributed by atoms with Crippen LogP contribution in [0.15, 0.2) is 164 Å². The molecule has 0 atom stereocenters. The van der Waals surface area contributed by atoms with Crippen LogP contribution < -0.4 is 0 Å². The van der Waals surface area contributed by atoms with Crippen LogP contribution in [-0.2, 0) is 26.5 Å². The molecule has 0 bridgehead atoms. The SMILES string of the molecule is CC(C)(c1[c-]c(-n2[cH+]n(-c3ccccc3)c3ccccc32)ccc1)c1[c-]c2c(cc1)c1ccccc1n2-c1cc(-c2ccccc2)ccn1.[Pt]. The van der Waals surface area contributed by atoms with Crippen molar-refractivity contribution in [2.75, 3.05) is 0 Å². The van der Waals surface area contributed by atoms with Gasteiger partial charge in [-0.1, -0.05) is 98.2 Å². The molecular formula is C45H33N4Pt-. The third-order valence-corrected chi connectivity index (χ3v) is 9.72. The van der Waals surface area contributed by atoms with Crippen molar-refractivity contribution < 1.29 is 21.1 Å². The second-order valence-corrected chi connectivity index (χ2v) is 13.0. The Morgan fingerprint density at radius 2 is 1.22 bits per heavy atom. The number of hydrogen-bond acceptors (Lipinski definition) is 1. The predicted molar refractivity (Wildman–Crippen MR) is 201 cm³/mol. The molecule has 5 heteroatoms. The first-order valence-electron chi connectivity index (χ1n) is 16.6. The number of fused-ring (bicyclic) bond motifs is 4. The molecule has 0 saturated carbocycles. The third kappa shape index (κ3) is 5.28. The van der Waals surface area contributed by atoms with Gasteiger partial charge in [0.2, 0.25) is 0 Å². The van der Waals surface area contributed by atoms with Gasteiger partial charge in [-0.15, -0.1) is 23.1 Å². The molecule has 0 unspecified atom stereocenters. The van der Waals surface area contributed by atoms with E-state index in [2.05, 4.69) is 192 Å². The molecular weight excluding hydrogens is 792 g/mol.